The van der Waals surface area contributed by atoms with Gasteiger partial charge in [0, 0.05) is 13.1 Å². The molecule has 0 saturated carbocycles. The van der Waals surface area contributed by atoms with Crippen LogP contribution in [0.1, 0.15) is 119 Å². The Morgan fingerprint density at radius 2 is 1.45 bits per heavy atom. The summed E-state index contributed by atoms with van der Waals surface area (Å²) >= 11 is 0. The first-order chi connectivity index (χ1) is 22.0. The number of amides is 4. The predicted molar refractivity (Wildman–Crippen MR) is 176 cm³/mol. The molecule has 1 unspecified atom stereocenters. The number of likely N-dealkylation sites (tertiary alicyclic amines) is 1. The van der Waals surface area contributed by atoms with E-state index >= 15 is 0 Å². The van der Waals surface area contributed by atoms with Crippen LogP contribution >= 0.6 is 0 Å². The Morgan fingerprint density at radius 1 is 0.936 bits per heavy atom. The van der Waals surface area contributed by atoms with Gasteiger partial charge in [-0.05, 0) is 50.4 Å². The Balaban J connectivity index is 0.000000387. The van der Waals surface area contributed by atoms with Crippen molar-refractivity contribution in [2.24, 2.45) is 5.41 Å². The van der Waals surface area contributed by atoms with Crippen LogP contribution in [0.2, 0.25) is 0 Å². The van der Waals surface area contributed by atoms with Crippen LogP contribution in [0.25, 0.3) is 0 Å². The fraction of sp³-hybridized carbons (Fsp3) is 0.906. The molecule has 15 heteroatoms. The Hall–Kier alpha value is -2.20. The van der Waals surface area contributed by atoms with Gasteiger partial charge in [0.2, 0.25) is 0 Å². The first-order valence-electron chi connectivity index (χ1n) is 17.6. The van der Waals surface area contributed by atoms with Gasteiger partial charge in [-0.3, -0.25) is 14.2 Å². The number of nitrogens with one attached hydrogen (secondary N) is 1. The summed E-state index contributed by atoms with van der Waals surface area (Å²) in [7, 11) is -4.88. The smallest absolute Gasteiger partial charge is 0.418 e. The Bertz CT molecular complexity index is 1080. The van der Waals surface area contributed by atoms with Crippen LogP contribution in [0.5, 0.6) is 0 Å². The van der Waals surface area contributed by atoms with E-state index in [1.165, 1.54) is 86.9 Å². The van der Waals surface area contributed by atoms with Crippen LogP contribution in [0.15, 0.2) is 0 Å². The van der Waals surface area contributed by atoms with Crippen LogP contribution in [-0.2, 0) is 24.3 Å². The van der Waals surface area contributed by atoms with E-state index in [-0.39, 0.29) is 25.9 Å². The molecule has 3 aliphatic rings. The minimum atomic E-state index is -4.88. The maximum absolute atomic E-state index is 12.7. The molecule has 0 radical (unpaired) electrons. The minimum absolute atomic E-state index is 0.0545. The zero-order valence-corrected chi connectivity index (χ0v) is 30.6. The third-order valence-corrected chi connectivity index (χ3v) is 9.87. The lowest BCUT2D eigenvalue weighted by molar-refractivity contribution is -0.929. The van der Waals surface area contributed by atoms with Crippen LogP contribution in [0, 0.1) is 5.41 Å². The van der Waals surface area contributed by atoms with E-state index in [1.54, 1.807) is 0 Å². The van der Waals surface area contributed by atoms with Crippen molar-refractivity contribution in [3.05, 3.63) is 0 Å². The SMILES string of the molecule is CC(C)(C)C1[C@H](ONC(=O)[C@@H]2CC[C@@H]3CN2C(=O)N3OS(=O)(=O)O)CCN1C(=O)[O-].CCCC[N+](CCCC)(CCCC)CCCC. The van der Waals surface area contributed by atoms with E-state index in [9.17, 15) is 27.9 Å². The quantitative estimate of drug-likeness (QED) is 0.131. The molecule has 3 aliphatic heterocycles. The number of carbonyl (C=O) groups excluding carboxylic acids is 3. The Morgan fingerprint density at radius 3 is 1.87 bits per heavy atom. The van der Waals surface area contributed by atoms with Crippen LogP contribution < -0.4 is 10.6 Å². The molecule has 47 heavy (non-hydrogen) atoms. The second-order valence-corrected chi connectivity index (χ2v) is 15.3. The minimum Gasteiger partial charge on any atom is -0.530 e. The fourth-order valence-electron chi connectivity index (χ4n) is 7.07. The van der Waals surface area contributed by atoms with Crippen molar-refractivity contribution in [3.8, 4) is 0 Å². The van der Waals surface area contributed by atoms with Gasteiger partial charge in [-0.1, -0.05) is 74.1 Å². The molecule has 3 saturated heterocycles. The first kappa shape index (κ1) is 41.0. The summed E-state index contributed by atoms with van der Waals surface area (Å²) in [6.45, 7) is 20.8. The monoisotopic (exact) mass is 691 g/mol. The topological polar surface area (TPSA) is 169 Å². The highest BCUT2D eigenvalue weighted by molar-refractivity contribution is 7.80. The fourth-order valence-corrected chi connectivity index (χ4v) is 7.46. The highest BCUT2D eigenvalue weighted by Crippen LogP contribution is 2.35. The molecule has 4 atom stereocenters. The van der Waals surface area contributed by atoms with Gasteiger partial charge in [-0.25, -0.2) is 10.3 Å². The van der Waals surface area contributed by atoms with Crippen molar-refractivity contribution in [2.75, 3.05) is 39.3 Å². The summed E-state index contributed by atoms with van der Waals surface area (Å²) in [6, 6.07) is -2.92. The second kappa shape index (κ2) is 18.5. The molecule has 2 N–H and O–H groups in total. The standard InChI is InChI=1S/C16H26N4O9S.C16H36N/c1-16(2,3)12-11(6-7-18(12)15(23)24)28-17-13(21)10-5-4-9-8-19(10)14(22)20(9)29-30(25,26)27;1-5-9-13-17(14-10-6-2,15-11-7-3)16-12-8-4/h9-12H,4-8H2,1-3H3,(H,17,21)(H,23,24)(H,25,26,27);5-16H2,1-4H3/q;+1/p-1/t9-,10+,11-,12?;/m1./s1. The van der Waals surface area contributed by atoms with Gasteiger partial charge in [0.25, 0.3) is 5.91 Å². The van der Waals surface area contributed by atoms with E-state index in [1.807, 2.05) is 20.8 Å². The van der Waals surface area contributed by atoms with Gasteiger partial charge >= 0.3 is 16.4 Å². The van der Waals surface area contributed by atoms with E-state index in [2.05, 4.69) is 37.5 Å². The summed E-state index contributed by atoms with van der Waals surface area (Å²) in [4.78, 5) is 44.3. The van der Waals surface area contributed by atoms with Crippen molar-refractivity contribution in [1.29, 1.82) is 0 Å². The van der Waals surface area contributed by atoms with Crippen molar-refractivity contribution in [2.45, 2.75) is 143 Å². The van der Waals surface area contributed by atoms with Gasteiger partial charge in [0.1, 0.15) is 18.2 Å². The summed E-state index contributed by atoms with van der Waals surface area (Å²) in [5.41, 5.74) is 1.85. The number of hydrogen-bond acceptors (Lipinski definition) is 8. The van der Waals surface area contributed by atoms with Gasteiger partial charge in [0.15, 0.2) is 0 Å². The zero-order valence-electron chi connectivity index (χ0n) is 29.7. The largest absolute Gasteiger partial charge is 0.530 e. The van der Waals surface area contributed by atoms with Crippen molar-refractivity contribution in [3.63, 3.8) is 0 Å². The molecule has 2 bridgehead atoms. The lowest BCUT2D eigenvalue weighted by Crippen LogP contribution is -2.54. The highest BCUT2D eigenvalue weighted by atomic mass is 32.3. The molecule has 0 aromatic carbocycles. The summed E-state index contributed by atoms with van der Waals surface area (Å²) in [5, 5.41) is 11.9. The third-order valence-electron chi connectivity index (χ3n) is 9.52. The van der Waals surface area contributed by atoms with Crippen molar-refractivity contribution in [1.82, 2.24) is 20.3 Å². The van der Waals surface area contributed by atoms with Crippen LogP contribution in [0.4, 0.5) is 9.59 Å². The predicted octanol–water partition coefficient (Wildman–Crippen LogP) is 3.87. The molecule has 0 aromatic heterocycles. The second-order valence-electron chi connectivity index (χ2n) is 14.3. The average molecular weight is 692 g/mol. The average Bonchev–Trinajstić information content (AvgIpc) is 3.55. The molecule has 3 rings (SSSR count). The van der Waals surface area contributed by atoms with Gasteiger partial charge in [-0.15, -0.1) is 4.28 Å². The number of carboxylic acid groups (broad SMARTS) is 1. The summed E-state index contributed by atoms with van der Waals surface area (Å²) in [5.74, 6) is -0.616. The third kappa shape index (κ3) is 12.0. The molecular weight excluding hydrogens is 630 g/mol. The van der Waals surface area contributed by atoms with E-state index in [4.69, 9.17) is 9.39 Å². The molecule has 274 valence electrons. The molecule has 0 aliphatic carbocycles. The first-order valence-corrected chi connectivity index (χ1v) is 19.0. The summed E-state index contributed by atoms with van der Waals surface area (Å²) in [6.07, 6.45) is 10.0. The normalized spacial score (nSPS) is 23.1. The van der Waals surface area contributed by atoms with Crippen LogP contribution in [-0.4, -0.2) is 114 Å². The number of hydrogen-bond donors (Lipinski definition) is 2. The van der Waals surface area contributed by atoms with E-state index in [0.717, 1.165) is 4.90 Å². The lowest BCUT2D eigenvalue weighted by atomic mass is 9.84. The molecule has 0 aromatic rings. The zero-order chi connectivity index (χ0) is 35.4. The maximum Gasteiger partial charge on any atom is 0.418 e. The van der Waals surface area contributed by atoms with Crippen molar-refractivity contribution < 1.29 is 46.1 Å². The number of rotatable bonds is 17. The maximum atomic E-state index is 12.7. The Kier molecular flexibility index (Phi) is 16.2. The van der Waals surface area contributed by atoms with Gasteiger partial charge in [0.05, 0.1) is 38.3 Å². The number of nitrogens with zero attached hydrogens (tertiary/aromatic N) is 4. The van der Waals surface area contributed by atoms with Crippen molar-refractivity contribution >= 4 is 28.4 Å². The molecule has 14 nitrogen and oxygen atoms in total. The number of quaternary nitrogens is 1. The molecule has 0 spiro atoms. The molecule has 3 fully saturated rings. The number of fused-ring (bicyclic) bond motifs is 2. The molecular formula is C32H61N5O9S. The lowest BCUT2D eigenvalue weighted by Gasteiger charge is -2.39. The molecule has 3 heterocycles. The molecule has 4 amide bonds. The number of urea groups is 1. The van der Waals surface area contributed by atoms with E-state index < -0.39 is 58.1 Å². The number of unbranched alkanes of at least 4 members (excludes halogenated alkanes) is 4. The number of piperidine rings is 1. The summed E-state index contributed by atoms with van der Waals surface area (Å²) < 4.78 is 36.5. The van der Waals surface area contributed by atoms with Gasteiger partial charge < -0.3 is 24.2 Å². The highest BCUT2D eigenvalue weighted by Gasteiger charge is 2.50. The van der Waals surface area contributed by atoms with Gasteiger partial charge in [-0.2, -0.15) is 13.5 Å². The number of carbonyl (C=O) groups is 3. The van der Waals surface area contributed by atoms with E-state index in [0.29, 0.717) is 11.5 Å². The number of hydroxylamine groups is 3. The van der Waals surface area contributed by atoms with Crippen LogP contribution in [0.3, 0.4) is 0 Å². The Labute approximate surface area is 282 Å².